The molecule has 3 heterocycles. The lowest BCUT2D eigenvalue weighted by molar-refractivity contribution is 0.586. The molecule has 0 amide bonds. The van der Waals surface area contributed by atoms with Crippen molar-refractivity contribution in [2.24, 2.45) is 0 Å². The Morgan fingerprint density at radius 3 is 2.61 bits per heavy atom. The number of fused-ring (bicyclic) bond motifs is 1. The van der Waals surface area contributed by atoms with Gasteiger partial charge in [-0.2, -0.15) is 0 Å². The van der Waals surface area contributed by atoms with E-state index in [1.807, 2.05) is 12.1 Å². The molecule has 6 heteroatoms. The van der Waals surface area contributed by atoms with Crippen molar-refractivity contribution in [3.8, 4) is 0 Å². The van der Waals surface area contributed by atoms with Gasteiger partial charge in [-0.05, 0) is 42.9 Å². The van der Waals surface area contributed by atoms with Gasteiger partial charge in [0, 0.05) is 18.1 Å². The fourth-order valence-electron chi connectivity index (χ4n) is 3.09. The highest BCUT2D eigenvalue weighted by Crippen LogP contribution is 2.28. The van der Waals surface area contributed by atoms with E-state index in [9.17, 15) is 0 Å². The smallest absolute Gasteiger partial charge is 0.162 e. The quantitative estimate of drug-likeness (QED) is 0.801. The molecular formula is C17H17ClN5. The number of hydrogen-bond donors (Lipinski definition) is 1. The molecule has 0 unspecified atom stereocenters. The Labute approximate surface area is 139 Å². The molecule has 0 saturated carbocycles. The van der Waals surface area contributed by atoms with Crippen LogP contribution in [0.2, 0.25) is 5.02 Å². The Kier molecular flexibility index (Phi) is 3.87. The first-order valence-electron chi connectivity index (χ1n) is 7.76. The predicted octanol–water partition coefficient (Wildman–Crippen LogP) is 3.42. The second-order valence-electron chi connectivity index (χ2n) is 5.84. The number of aromatic nitrogens is 4. The second kappa shape index (κ2) is 6.16. The fourth-order valence-corrected chi connectivity index (χ4v) is 3.21. The number of nitrogens with one attached hydrogen (secondary N) is 1. The van der Waals surface area contributed by atoms with Gasteiger partial charge in [-0.25, -0.2) is 15.0 Å². The first kappa shape index (κ1) is 14.5. The SMILES string of the molecule is Clc1ccc(C[C]2CCN(c3ncnc4[nH]cnc34)CC2)cc1. The Morgan fingerprint density at radius 1 is 1.04 bits per heavy atom. The Morgan fingerprint density at radius 2 is 1.83 bits per heavy atom. The van der Waals surface area contributed by atoms with Crippen molar-refractivity contribution in [2.75, 3.05) is 18.0 Å². The molecule has 1 fully saturated rings. The van der Waals surface area contributed by atoms with E-state index in [1.165, 1.54) is 5.56 Å². The van der Waals surface area contributed by atoms with E-state index in [2.05, 4.69) is 37.0 Å². The summed E-state index contributed by atoms with van der Waals surface area (Å²) in [5, 5.41) is 0.792. The molecule has 117 valence electrons. The zero-order valence-electron chi connectivity index (χ0n) is 12.7. The molecule has 1 N–H and O–H groups in total. The second-order valence-corrected chi connectivity index (χ2v) is 6.27. The number of anilines is 1. The van der Waals surface area contributed by atoms with E-state index in [4.69, 9.17) is 11.6 Å². The third-order valence-corrected chi connectivity index (χ3v) is 4.59. The minimum absolute atomic E-state index is 0.792. The number of aromatic amines is 1. The average Bonchev–Trinajstić information content (AvgIpc) is 3.06. The van der Waals surface area contributed by atoms with Crippen LogP contribution in [0.4, 0.5) is 5.82 Å². The van der Waals surface area contributed by atoms with Gasteiger partial charge in [0.2, 0.25) is 0 Å². The van der Waals surface area contributed by atoms with Gasteiger partial charge in [0.25, 0.3) is 0 Å². The maximum absolute atomic E-state index is 5.95. The van der Waals surface area contributed by atoms with Gasteiger partial charge < -0.3 is 9.88 Å². The molecule has 3 aromatic rings. The van der Waals surface area contributed by atoms with Crippen LogP contribution in [0, 0.1) is 5.92 Å². The highest BCUT2D eigenvalue weighted by molar-refractivity contribution is 6.30. The number of halogens is 1. The molecule has 1 aliphatic rings. The fraction of sp³-hybridized carbons (Fsp3) is 0.294. The van der Waals surface area contributed by atoms with E-state index in [1.54, 1.807) is 18.6 Å². The maximum Gasteiger partial charge on any atom is 0.162 e. The molecular weight excluding hydrogens is 310 g/mol. The summed E-state index contributed by atoms with van der Waals surface area (Å²) >= 11 is 5.95. The van der Waals surface area contributed by atoms with Crippen LogP contribution >= 0.6 is 11.6 Å². The van der Waals surface area contributed by atoms with Gasteiger partial charge in [0.15, 0.2) is 11.5 Å². The molecule has 0 spiro atoms. The van der Waals surface area contributed by atoms with Crippen molar-refractivity contribution < 1.29 is 0 Å². The number of hydrogen-bond acceptors (Lipinski definition) is 4. The number of piperidine rings is 1. The molecule has 1 aromatic carbocycles. The van der Waals surface area contributed by atoms with Crippen LogP contribution in [0.5, 0.6) is 0 Å². The molecule has 2 aromatic heterocycles. The molecule has 1 radical (unpaired) electrons. The topological polar surface area (TPSA) is 57.7 Å². The van der Waals surface area contributed by atoms with Gasteiger partial charge in [-0.3, -0.25) is 0 Å². The predicted molar refractivity (Wildman–Crippen MR) is 91.5 cm³/mol. The summed E-state index contributed by atoms with van der Waals surface area (Å²) in [6.07, 6.45) is 6.47. The monoisotopic (exact) mass is 326 g/mol. The van der Waals surface area contributed by atoms with Crippen molar-refractivity contribution >= 4 is 28.6 Å². The van der Waals surface area contributed by atoms with Crippen LogP contribution in [0.15, 0.2) is 36.9 Å². The van der Waals surface area contributed by atoms with Crippen molar-refractivity contribution in [2.45, 2.75) is 19.3 Å². The number of nitrogens with zero attached hydrogens (tertiary/aromatic N) is 4. The van der Waals surface area contributed by atoms with E-state index < -0.39 is 0 Å². The van der Waals surface area contributed by atoms with Crippen molar-refractivity contribution in [1.29, 1.82) is 0 Å². The Hall–Kier alpha value is -2.14. The van der Waals surface area contributed by atoms with Crippen LogP contribution in [0.25, 0.3) is 11.2 Å². The highest BCUT2D eigenvalue weighted by Gasteiger charge is 2.23. The largest absolute Gasteiger partial charge is 0.355 e. The van der Waals surface area contributed by atoms with Crippen LogP contribution in [0.1, 0.15) is 18.4 Å². The molecule has 5 nitrogen and oxygen atoms in total. The number of rotatable bonds is 3. The summed E-state index contributed by atoms with van der Waals surface area (Å²) in [6.45, 7) is 1.95. The van der Waals surface area contributed by atoms with Crippen molar-refractivity contribution in [3.05, 3.63) is 53.4 Å². The molecule has 0 aliphatic carbocycles. The van der Waals surface area contributed by atoms with E-state index >= 15 is 0 Å². The summed E-state index contributed by atoms with van der Waals surface area (Å²) in [4.78, 5) is 18.3. The standard InChI is InChI=1S/C17H17ClN5/c18-14-3-1-12(2-4-14)9-13-5-7-23(8-6-13)17-15-16(20-10-19-15)21-11-22-17/h1-4,10-11H,5-9H2,(H,19,20,21,22). The summed E-state index contributed by atoms with van der Waals surface area (Å²) in [5.74, 6) is 2.51. The maximum atomic E-state index is 5.95. The van der Waals surface area contributed by atoms with Crippen LogP contribution in [-0.2, 0) is 6.42 Å². The third kappa shape index (κ3) is 3.01. The zero-order chi connectivity index (χ0) is 15.6. The third-order valence-electron chi connectivity index (χ3n) is 4.34. The zero-order valence-corrected chi connectivity index (χ0v) is 13.4. The van der Waals surface area contributed by atoms with E-state index in [0.717, 1.165) is 54.4 Å². The molecule has 0 bridgehead atoms. The highest BCUT2D eigenvalue weighted by atomic mass is 35.5. The first-order valence-corrected chi connectivity index (χ1v) is 8.14. The summed E-state index contributed by atoms with van der Waals surface area (Å²) in [6, 6.07) is 8.14. The number of H-pyrrole nitrogens is 1. The van der Waals surface area contributed by atoms with Crippen LogP contribution < -0.4 is 4.90 Å². The van der Waals surface area contributed by atoms with Gasteiger partial charge in [-0.1, -0.05) is 23.7 Å². The van der Waals surface area contributed by atoms with Crippen molar-refractivity contribution in [3.63, 3.8) is 0 Å². The minimum Gasteiger partial charge on any atom is -0.355 e. The van der Waals surface area contributed by atoms with Crippen LogP contribution in [-0.4, -0.2) is 33.0 Å². The molecule has 1 saturated heterocycles. The van der Waals surface area contributed by atoms with Gasteiger partial charge in [0.1, 0.15) is 11.8 Å². The molecule has 23 heavy (non-hydrogen) atoms. The van der Waals surface area contributed by atoms with Gasteiger partial charge in [-0.15, -0.1) is 0 Å². The van der Waals surface area contributed by atoms with Crippen molar-refractivity contribution in [1.82, 2.24) is 19.9 Å². The number of imidazole rings is 1. The summed E-state index contributed by atoms with van der Waals surface area (Å²) < 4.78 is 0. The van der Waals surface area contributed by atoms with Crippen LogP contribution in [0.3, 0.4) is 0 Å². The normalized spacial score (nSPS) is 16.1. The average molecular weight is 327 g/mol. The minimum atomic E-state index is 0.792. The Bertz CT molecular complexity index is 790. The first-order chi connectivity index (χ1) is 11.3. The summed E-state index contributed by atoms with van der Waals surface area (Å²) in [7, 11) is 0. The van der Waals surface area contributed by atoms with E-state index in [0.29, 0.717) is 0 Å². The Balaban J connectivity index is 1.43. The molecule has 0 atom stereocenters. The van der Waals surface area contributed by atoms with E-state index in [-0.39, 0.29) is 0 Å². The van der Waals surface area contributed by atoms with Gasteiger partial charge >= 0.3 is 0 Å². The molecule has 4 rings (SSSR count). The number of benzene rings is 1. The van der Waals surface area contributed by atoms with Gasteiger partial charge in [0.05, 0.1) is 6.33 Å². The lowest BCUT2D eigenvalue weighted by atomic mass is 9.90. The summed E-state index contributed by atoms with van der Waals surface area (Å²) in [5.41, 5.74) is 2.98. The lowest BCUT2D eigenvalue weighted by Crippen LogP contribution is -2.34. The lowest BCUT2D eigenvalue weighted by Gasteiger charge is -2.32. The molecule has 1 aliphatic heterocycles.